The summed E-state index contributed by atoms with van der Waals surface area (Å²) in [5, 5.41) is 4.27. The molecule has 0 saturated carbocycles. The highest BCUT2D eigenvalue weighted by Gasteiger charge is 2.14. The van der Waals surface area contributed by atoms with Crippen LogP contribution in [0.15, 0.2) is 36.5 Å². The molecule has 0 aliphatic heterocycles. The van der Waals surface area contributed by atoms with Crippen molar-refractivity contribution in [3.05, 3.63) is 36.5 Å². The summed E-state index contributed by atoms with van der Waals surface area (Å²) in [4.78, 5) is 4.41. The largest absolute Gasteiger partial charge is 0.487 e. The number of rotatable bonds is 5. The van der Waals surface area contributed by atoms with Gasteiger partial charge in [-0.1, -0.05) is 32.0 Å². The summed E-state index contributed by atoms with van der Waals surface area (Å²) in [6.45, 7) is 5.16. The molecule has 1 N–H and O–H groups in total. The Morgan fingerprint density at radius 2 is 2.06 bits per heavy atom. The molecule has 0 amide bonds. The number of fused-ring (bicyclic) bond motifs is 1. The lowest BCUT2D eigenvalue weighted by Crippen LogP contribution is -2.33. The average molecular weight is 244 g/mol. The highest BCUT2D eigenvalue weighted by molar-refractivity contribution is 5.79. The number of aromatic nitrogens is 1. The molecule has 1 aromatic heterocycles. The molecule has 0 radical (unpaired) electrons. The molecule has 0 aliphatic rings. The lowest BCUT2D eigenvalue weighted by Gasteiger charge is -2.22. The second-order valence-corrected chi connectivity index (χ2v) is 4.82. The number of nitrogens with one attached hydrogen (secondary N) is 1. The molecule has 3 heteroatoms. The van der Waals surface area contributed by atoms with E-state index in [-0.39, 0.29) is 6.10 Å². The zero-order valence-corrected chi connectivity index (χ0v) is 11.2. The first kappa shape index (κ1) is 12.8. The van der Waals surface area contributed by atoms with Crippen molar-refractivity contribution in [1.29, 1.82) is 0 Å². The molecular formula is C15H20N2O. The molecule has 1 aromatic carbocycles. The van der Waals surface area contributed by atoms with Gasteiger partial charge in [-0.05, 0) is 25.1 Å². The molecule has 1 heterocycles. The fourth-order valence-corrected chi connectivity index (χ4v) is 1.90. The minimum Gasteiger partial charge on any atom is -0.487 e. The summed E-state index contributed by atoms with van der Waals surface area (Å²) in [6.07, 6.45) is 1.96. The number of ether oxygens (including phenoxy) is 1. The number of nitrogens with zero attached hydrogens (tertiary/aromatic N) is 1. The van der Waals surface area contributed by atoms with Gasteiger partial charge < -0.3 is 10.1 Å². The third-order valence-electron chi connectivity index (χ3n) is 3.00. The minimum absolute atomic E-state index is 0.165. The lowest BCUT2D eigenvalue weighted by molar-refractivity contribution is 0.151. The van der Waals surface area contributed by atoms with Gasteiger partial charge in [0, 0.05) is 11.9 Å². The first-order chi connectivity index (χ1) is 8.70. The Hall–Kier alpha value is -1.61. The summed E-state index contributed by atoms with van der Waals surface area (Å²) in [7, 11) is 1.94. The molecule has 0 aliphatic carbocycles. The second kappa shape index (κ2) is 5.83. The maximum absolute atomic E-state index is 6.00. The van der Waals surface area contributed by atoms with Crippen molar-refractivity contribution in [2.24, 2.45) is 5.92 Å². The van der Waals surface area contributed by atoms with E-state index < -0.39 is 0 Å². The van der Waals surface area contributed by atoms with E-state index >= 15 is 0 Å². The van der Waals surface area contributed by atoms with Crippen LogP contribution in [-0.2, 0) is 0 Å². The molecule has 1 atom stereocenters. The maximum atomic E-state index is 6.00. The van der Waals surface area contributed by atoms with Gasteiger partial charge in [-0.3, -0.25) is 4.98 Å². The molecule has 18 heavy (non-hydrogen) atoms. The van der Waals surface area contributed by atoms with Crippen LogP contribution in [0, 0.1) is 5.92 Å². The predicted molar refractivity (Wildman–Crippen MR) is 74.9 cm³/mol. The molecule has 0 bridgehead atoms. The van der Waals surface area contributed by atoms with Gasteiger partial charge >= 0.3 is 0 Å². The van der Waals surface area contributed by atoms with E-state index in [0.29, 0.717) is 5.92 Å². The van der Waals surface area contributed by atoms with Gasteiger partial charge in [-0.15, -0.1) is 0 Å². The first-order valence-corrected chi connectivity index (χ1v) is 6.36. The molecule has 96 valence electrons. The van der Waals surface area contributed by atoms with Crippen molar-refractivity contribution in [3.63, 3.8) is 0 Å². The van der Waals surface area contributed by atoms with Crippen LogP contribution >= 0.6 is 0 Å². The highest BCUT2D eigenvalue weighted by Crippen LogP contribution is 2.20. The molecule has 0 fully saturated rings. The Labute approximate surface area is 108 Å². The van der Waals surface area contributed by atoms with Crippen LogP contribution in [0.3, 0.4) is 0 Å². The summed E-state index contributed by atoms with van der Waals surface area (Å²) in [5.74, 6) is 1.30. The summed E-state index contributed by atoms with van der Waals surface area (Å²) >= 11 is 0. The third-order valence-corrected chi connectivity index (χ3v) is 3.00. The topological polar surface area (TPSA) is 34.1 Å². The summed E-state index contributed by atoms with van der Waals surface area (Å²) in [5.41, 5.74) is 1.000. The summed E-state index contributed by atoms with van der Waals surface area (Å²) < 4.78 is 6.00. The number of hydrogen-bond acceptors (Lipinski definition) is 3. The van der Waals surface area contributed by atoms with Crippen LogP contribution in [0.1, 0.15) is 13.8 Å². The van der Waals surface area contributed by atoms with Crippen LogP contribution in [-0.4, -0.2) is 24.7 Å². The number of pyridine rings is 1. The predicted octanol–water partition coefficient (Wildman–Crippen LogP) is 2.86. The van der Waals surface area contributed by atoms with Crippen molar-refractivity contribution < 1.29 is 4.74 Å². The van der Waals surface area contributed by atoms with Gasteiger partial charge in [0.1, 0.15) is 11.9 Å². The maximum Gasteiger partial charge on any atom is 0.138 e. The van der Waals surface area contributed by atoms with E-state index in [4.69, 9.17) is 4.74 Å². The van der Waals surface area contributed by atoms with Crippen molar-refractivity contribution in [2.45, 2.75) is 20.0 Å². The quantitative estimate of drug-likeness (QED) is 0.878. The van der Waals surface area contributed by atoms with Gasteiger partial charge in [0.25, 0.3) is 0 Å². The summed E-state index contributed by atoms with van der Waals surface area (Å²) in [6, 6.07) is 10.1. The number of hydrogen-bond donors (Lipinski definition) is 1. The Balaban J connectivity index is 2.20. The normalized spacial score (nSPS) is 12.9. The Morgan fingerprint density at radius 3 is 2.78 bits per heavy atom. The molecule has 0 spiro atoms. The molecule has 0 saturated heterocycles. The highest BCUT2D eigenvalue weighted by atomic mass is 16.5. The molecule has 2 aromatic rings. The monoisotopic (exact) mass is 244 g/mol. The smallest absolute Gasteiger partial charge is 0.138 e. The number of benzene rings is 1. The zero-order chi connectivity index (χ0) is 13.0. The van der Waals surface area contributed by atoms with Crippen LogP contribution in [0.25, 0.3) is 10.9 Å². The third kappa shape index (κ3) is 2.99. The standard InChI is InChI=1S/C15H20N2O/c1-11(2)15(10-16-3)18-13-8-12-6-4-5-7-14(12)17-9-13/h4-9,11,15-16H,10H2,1-3H3. The van der Waals surface area contributed by atoms with E-state index in [0.717, 1.165) is 23.2 Å². The van der Waals surface area contributed by atoms with Crippen molar-refractivity contribution >= 4 is 10.9 Å². The van der Waals surface area contributed by atoms with Crippen LogP contribution < -0.4 is 10.1 Å². The van der Waals surface area contributed by atoms with Gasteiger partial charge in [0.15, 0.2) is 0 Å². The lowest BCUT2D eigenvalue weighted by atomic mass is 10.1. The minimum atomic E-state index is 0.165. The van der Waals surface area contributed by atoms with Crippen LogP contribution in [0.5, 0.6) is 5.75 Å². The van der Waals surface area contributed by atoms with Gasteiger partial charge in [-0.25, -0.2) is 0 Å². The van der Waals surface area contributed by atoms with Crippen molar-refractivity contribution in [2.75, 3.05) is 13.6 Å². The van der Waals surface area contributed by atoms with Crippen LogP contribution in [0.2, 0.25) is 0 Å². The zero-order valence-electron chi connectivity index (χ0n) is 11.2. The van der Waals surface area contributed by atoms with E-state index in [9.17, 15) is 0 Å². The van der Waals surface area contributed by atoms with Crippen LogP contribution in [0.4, 0.5) is 0 Å². The van der Waals surface area contributed by atoms with E-state index in [1.807, 2.05) is 31.3 Å². The van der Waals surface area contributed by atoms with E-state index in [1.165, 1.54) is 0 Å². The SMILES string of the molecule is CNCC(Oc1cnc2ccccc2c1)C(C)C. The van der Waals surface area contributed by atoms with Gasteiger partial charge in [0.05, 0.1) is 11.7 Å². The van der Waals surface area contributed by atoms with E-state index in [1.54, 1.807) is 6.20 Å². The van der Waals surface area contributed by atoms with Crippen molar-refractivity contribution in [1.82, 2.24) is 10.3 Å². The molecule has 1 unspecified atom stereocenters. The Bertz CT molecular complexity index is 511. The molecule has 2 rings (SSSR count). The number of para-hydroxylation sites is 1. The first-order valence-electron chi connectivity index (χ1n) is 6.36. The fraction of sp³-hybridized carbons (Fsp3) is 0.400. The van der Waals surface area contributed by atoms with Gasteiger partial charge in [0.2, 0.25) is 0 Å². The molecule has 3 nitrogen and oxygen atoms in total. The molecular weight excluding hydrogens is 224 g/mol. The Kier molecular flexibility index (Phi) is 4.15. The average Bonchev–Trinajstić information content (AvgIpc) is 2.38. The number of likely N-dealkylation sites (N-methyl/N-ethyl adjacent to an activating group) is 1. The van der Waals surface area contributed by atoms with Crippen molar-refractivity contribution in [3.8, 4) is 5.75 Å². The Morgan fingerprint density at radius 1 is 1.28 bits per heavy atom. The van der Waals surface area contributed by atoms with Gasteiger partial charge in [-0.2, -0.15) is 0 Å². The van der Waals surface area contributed by atoms with E-state index in [2.05, 4.69) is 30.2 Å². The fourth-order valence-electron chi connectivity index (χ4n) is 1.90. The second-order valence-electron chi connectivity index (χ2n) is 4.82.